The van der Waals surface area contributed by atoms with Gasteiger partial charge in [-0.2, -0.15) is 0 Å². The Balaban J connectivity index is 1.33. The average Bonchev–Trinajstić information content (AvgIpc) is 3.39. The quantitative estimate of drug-likeness (QED) is 0.0993. The molecule has 0 spiro atoms. The van der Waals surface area contributed by atoms with E-state index in [1.807, 2.05) is 51.2 Å². The van der Waals surface area contributed by atoms with Gasteiger partial charge in [0.05, 0.1) is 50.8 Å². The molecule has 0 aromatic heterocycles. The van der Waals surface area contributed by atoms with Gasteiger partial charge < -0.3 is 58.1 Å². The number of aliphatic hydroxyl groups excluding tert-OH is 2. The largest absolute Gasteiger partial charge is 0.460 e. The highest BCUT2D eigenvalue weighted by molar-refractivity contribution is 6.39. The Bertz CT molecular complexity index is 2010. The molecule has 6 rings (SSSR count). The summed E-state index contributed by atoms with van der Waals surface area (Å²) in [5.41, 5.74) is 1.24. The molecule has 74 heavy (non-hydrogen) atoms. The summed E-state index contributed by atoms with van der Waals surface area (Å²) in [4.78, 5) is 73.3. The number of amides is 1. The number of fused-ring (bicyclic) bond motifs is 4. The number of nitrogens with zero attached hydrogens (tertiary/aromatic N) is 1. The lowest BCUT2D eigenvalue weighted by molar-refractivity contribution is -0.266. The van der Waals surface area contributed by atoms with Gasteiger partial charge in [0, 0.05) is 70.5 Å². The van der Waals surface area contributed by atoms with Crippen LogP contribution in [0.15, 0.2) is 47.6 Å². The molecule has 5 fully saturated rings. The number of piperidine rings is 1. The van der Waals surface area contributed by atoms with Crippen LogP contribution in [-0.4, -0.2) is 171 Å². The predicted octanol–water partition coefficient (Wildman–Crippen LogP) is 5.59. The van der Waals surface area contributed by atoms with Crippen LogP contribution < -0.4 is 0 Å². The summed E-state index contributed by atoms with van der Waals surface area (Å²) >= 11 is 0. The molecule has 5 aliphatic heterocycles. The third-order valence-electron chi connectivity index (χ3n) is 16.6. The molecule has 3 unspecified atom stereocenters. The average molecular weight is 1040 g/mol. The van der Waals surface area contributed by atoms with Crippen molar-refractivity contribution in [3.8, 4) is 0 Å². The van der Waals surface area contributed by atoms with Crippen molar-refractivity contribution in [1.29, 1.82) is 0 Å². The zero-order valence-electron chi connectivity index (χ0n) is 45.2. The van der Waals surface area contributed by atoms with Crippen molar-refractivity contribution in [2.75, 3.05) is 60.4 Å². The van der Waals surface area contributed by atoms with Crippen LogP contribution in [0.1, 0.15) is 119 Å². The Morgan fingerprint density at radius 3 is 2.36 bits per heavy atom. The SMILES string of the molecule is CO[C@@H]1C[C@H](C[C@H]2C3CCCN4C(=O)C(=O)[C@]5(O)O[C@@H](CC[C@H]5C)C[C@@H](OCC5COCCO5)/C(C)=C/C=C/C=C/[C@@H](C)C[C@@H](C)C(=O)[C@H](OC)[C@H](O)/C(C)=C/[C@@H](C)C(=O)C[C@@H]2OC(=O)C34)CC[C@H]1OCCCO. The van der Waals surface area contributed by atoms with Gasteiger partial charge in [-0.3, -0.25) is 19.2 Å². The molecular formula is C57H87NO16. The lowest BCUT2D eigenvalue weighted by Gasteiger charge is -2.50. The predicted molar refractivity (Wildman–Crippen MR) is 273 cm³/mol. The van der Waals surface area contributed by atoms with Gasteiger partial charge in [0.25, 0.3) is 11.7 Å². The standard InChI is InChI=1S/C57H87NO16/c1-34-14-10-9-11-15-35(2)47(72-33-42-32-69-24-25-70-42)30-41-19-17-39(6)57(66,74-41)54(63)55(64)58-21-12-16-43-44(28-40-18-20-46(49(29-40)67-7)71-23-13-22-59)48(73-56(65)50(43)58)31-45(60)36(3)27-38(5)52(62)53(68-8)51(61)37(4)26-34/h9-11,14-15,27,34,36-37,39-44,46-50,52-53,59,62,66H,12-13,16-26,28-33H2,1-8H3/b11-9+,14-10+,35-15+,38-27+/t34-,36-,37-,39-,40+,41+,42?,43?,44+,46-,47-,48+,49-,50?,52-,53+,57-/m1/s1. The first-order valence-corrected chi connectivity index (χ1v) is 27.4. The molecule has 3 N–H and O–H groups in total. The highest BCUT2D eigenvalue weighted by Gasteiger charge is 2.57. The first-order chi connectivity index (χ1) is 35.4. The van der Waals surface area contributed by atoms with Crippen LogP contribution in [0.25, 0.3) is 0 Å². The van der Waals surface area contributed by atoms with Gasteiger partial charge in [0.15, 0.2) is 5.78 Å². The van der Waals surface area contributed by atoms with Crippen LogP contribution in [-0.2, 0) is 61.9 Å². The molecule has 1 saturated carbocycles. The van der Waals surface area contributed by atoms with Crippen LogP contribution in [0.5, 0.6) is 0 Å². The smallest absolute Gasteiger partial charge is 0.329 e. The lowest BCUT2D eigenvalue weighted by atomic mass is 9.68. The van der Waals surface area contributed by atoms with E-state index < -0.39 is 89.6 Å². The van der Waals surface area contributed by atoms with Gasteiger partial charge in [-0.15, -0.1) is 0 Å². The first-order valence-electron chi connectivity index (χ1n) is 27.4. The van der Waals surface area contributed by atoms with Crippen molar-refractivity contribution in [2.24, 2.45) is 41.4 Å². The summed E-state index contributed by atoms with van der Waals surface area (Å²) in [6.45, 7) is 12.9. The molecule has 416 valence electrons. The summed E-state index contributed by atoms with van der Waals surface area (Å²) in [7, 11) is 3.03. The first kappa shape index (κ1) is 59.7. The van der Waals surface area contributed by atoms with E-state index in [2.05, 4.69) is 0 Å². The normalized spacial score (nSPS) is 41.2. The van der Waals surface area contributed by atoms with Crippen molar-refractivity contribution in [1.82, 2.24) is 4.90 Å². The van der Waals surface area contributed by atoms with Crippen LogP contribution >= 0.6 is 0 Å². The number of esters is 1. The number of ether oxygens (including phenoxy) is 8. The molecule has 4 bridgehead atoms. The number of allylic oxidation sites excluding steroid dienone is 6. The van der Waals surface area contributed by atoms with Gasteiger partial charge >= 0.3 is 5.97 Å². The molecule has 1 amide bonds. The highest BCUT2D eigenvalue weighted by Crippen LogP contribution is 2.46. The van der Waals surface area contributed by atoms with Crippen LogP contribution in [0.3, 0.4) is 0 Å². The molecule has 17 atom stereocenters. The molecule has 4 saturated heterocycles. The molecule has 0 aromatic carbocycles. The van der Waals surface area contributed by atoms with Crippen LogP contribution in [0.4, 0.5) is 0 Å². The van der Waals surface area contributed by atoms with E-state index >= 15 is 0 Å². The molecule has 0 radical (unpaired) electrons. The lowest BCUT2D eigenvalue weighted by Crippen LogP contribution is -2.65. The third kappa shape index (κ3) is 15.2. The second-order valence-corrected chi connectivity index (χ2v) is 22.1. The van der Waals surface area contributed by atoms with E-state index in [0.717, 1.165) is 12.0 Å². The van der Waals surface area contributed by atoms with E-state index in [1.54, 1.807) is 34.0 Å². The highest BCUT2D eigenvalue weighted by atomic mass is 16.6. The maximum Gasteiger partial charge on any atom is 0.329 e. The van der Waals surface area contributed by atoms with Crippen molar-refractivity contribution >= 4 is 29.2 Å². The summed E-state index contributed by atoms with van der Waals surface area (Å²) in [5.74, 6) is -8.64. The Hall–Kier alpha value is -3.49. The van der Waals surface area contributed by atoms with E-state index in [1.165, 1.54) is 12.0 Å². The number of aliphatic hydroxyl groups is 3. The van der Waals surface area contributed by atoms with Crippen LogP contribution in [0, 0.1) is 41.4 Å². The number of methoxy groups -OCH3 is 2. The Morgan fingerprint density at radius 1 is 0.865 bits per heavy atom. The maximum absolute atomic E-state index is 14.7. The fraction of sp³-hybridized carbons (Fsp3) is 0.772. The zero-order chi connectivity index (χ0) is 53.7. The van der Waals surface area contributed by atoms with Crippen molar-refractivity contribution in [3.05, 3.63) is 47.6 Å². The van der Waals surface area contributed by atoms with Crippen molar-refractivity contribution in [2.45, 2.75) is 179 Å². The van der Waals surface area contributed by atoms with E-state index in [-0.39, 0.29) is 74.3 Å². The number of hydrogen-bond donors (Lipinski definition) is 3. The number of carbonyl (C=O) groups excluding carboxylic acids is 5. The van der Waals surface area contributed by atoms with Gasteiger partial charge in [0.1, 0.15) is 36.2 Å². The van der Waals surface area contributed by atoms with E-state index in [0.29, 0.717) is 89.8 Å². The van der Waals surface area contributed by atoms with Gasteiger partial charge in [-0.05, 0) is 107 Å². The minimum atomic E-state index is -2.49. The van der Waals surface area contributed by atoms with Crippen LogP contribution in [0.2, 0.25) is 0 Å². The molecule has 17 nitrogen and oxygen atoms in total. The number of hydrogen-bond acceptors (Lipinski definition) is 16. The topological polar surface area (TPSA) is 223 Å². The Kier molecular flexibility index (Phi) is 22.8. The molecule has 17 heteroatoms. The molecule has 5 heterocycles. The summed E-state index contributed by atoms with van der Waals surface area (Å²) in [6, 6.07) is -1.15. The second-order valence-electron chi connectivity index (χ2n) is 22.1. The fourth-order valence-corrected chi connectivity index (χ4v) is 12.2. The van der Waals surface area contributed by atoms with E-state index in [4.69, 9.17) is 37.9 Å². The summed E-state index contributed by atoms with van der Waals surface area (Å²) < 4.78 is 48.3. The Labute approximate surface area is 438 Å². The number of Topliss-reactive ketones (excluding diaryl/α,β-unsaturated/α-hetero) is 3. The number of ketones is 3. The van der Waals surface area contributed by atoms with Gasteiger partial charge in [0.2, 0.25) is 5.79 Å². The van der Waals surface area contributed by atoms with Gasteiger partial charge in [-0.25, -0.2) is 4.79 Å². The molecular weight excluding hydrogens is 955 g/mol. The van der Waals surface area contributed by atoms with Crippen molar-refractivity contribution in [3.63, 3.8) is 0 Å². The Morgan fingerprint density at radius 2 is 1.65 bits per heavy atom. The summed E-state index contributed by atoms with van der Waals surface area (Å²) in [5, 5.41) is 33.2. The minimum absolute atomic E-state index is 0.00577. The molecule has 0 aromatic rings. The fourth-order valence-electron chi connectivity index (χ4n) is 12.2. The third-order valence-corrected chi connectivity index (χ3v) is 16.6. The molecule has 1 aliphatic carbocycles. The van der Waals surface area contributed by atoms with Crippen molar-refractivity contribution < 1.29 is 77.2 Å². The monoisotopic (exact) mass is 1040 g/mol. The second kappa shape index (κ2) is 28.2. The van der Waals surface area contributed by atoms with E-state index in [9.17, 15) is 39.3 Å². The molecule has 6 aliphatic rings. The zero-order valence-corrected chi connectivity index (χ0v) is 45.2. The maximum atomic E-state index is 14.7. The van der Waals surface area contributed by atoms with Gasteiger partial charge in [-0.1, -0.05) is 64.2 Å². The number of carbonyl (C=O) groups is 5. The summed E-state index contributed by atoms with van der Waals surface area (Å²) in [6.07, 6.45) is 11.6. The minimum Gasteiger partial charge on any atom is -0.460 e. The number of rotatable bonds is 11.